The van der Waals surface area contributed by atoms with Gasteiger partial charge in [-0.3, -0.25) is 9.78 Å². The molecule has 1 aliphatic rings. The highest BCUT2D eigenvalue weighted by molar-refractivity contribution is 5.86. The van der Waals surface area contributed by atoms with E-state index in [4.69, 9.17) is 14.6 Å². The second-order valence-electron chi connectivity index (χ2n) is 4.53. The zero-order chi connectivity index (χ0) is 13.4. The van der Waals surface area contributed by atoms with Crippen LogP contribution < -0.4 is 9.47 Å². The van der Waals surface area contributed by atoms with E-state index in [-0.39, 0.29) is 6.61 Å². The SMILES string of the molecule is COc1ccc2ncc3c(c2c1)CC(C(=O)O)CO3. The number of hydrogen-bond acceptors (Lipinski definition) is 4. The number of pyridine rings is 1. The molecule has 2 aromatic rings. The number of fused-ring (bicyclic) bond motifs is 3. The standard InChI is InChI=1S/C14H13NO4/c1-18-9-2-3-12-10(5-9)11-4-8(14(16)17)7-19-13(11)6-15-12/h2-3,5-6,8H,4,7H2,1H3,(H,16,17). The maximum absolute atomic E-state index is 11.1. The van der Waals surface area contributed by atoms with E-state index >= 15 is 0 Å². The topological polar surface area (TPSA) is 68.7 Å². The van der Waals surface area contributed by atoms with E-state index in [0.717, 1.165) is 22.2 Å². The first-order valence-electron chi connectivity index (χ1n) is 6.00. The van der Waals surface area contributed by atoms with Crippen LogP contribution in [0.5, 0.6) is 11.5 Å². The lowest BCUT2D eigenvalue weighted by Crippen LogP contribution is -2.28. The molecule has 1 aromatic heterocycles. The highest BCUT2D eigenvalue weighted by Crippen LogP contribution is 2.34. The van der Waals surface area contributed by atoms with Crippen LogP contribution in [0.4, 0.5) is 0 Å². The third-order valence-electron chi connectivity index (χ3n) is 3.39. The van der Waals surface area contributed by atoms with Gasteiger partial charge in [0.15, 0.2) is 0 Å². The van der Waals surface area contributed by atoms with E-state index in [9.17, 15) is 4.79 Å². The van der Waals surface area contributed by atoms with Gasteiger partial charge in [-0.15, -0.1) is 0 Å². The second kappa shape index (κ2) is 4.42. The summed E-state index contributed by atoms with van der Waals surface area (Å²) in [6, 6.07) is 5.56. The minimum absolute atomic E-state index is 0.194. The van der Waals surface area contributed by atoms with Gasteiger partial charge in [0.05, 0.1) is 24.7 Å². The number of carbonyl (C=O) groups is 1. The fourth-order valence-electron chi connectivity index (χ4n) is 2.32. The van der Waals surface area contributed by atoms with Gasteiger partial charge < -0.3 is 14.6 Å². The number of carboxylic acids is 1. The molecule has 1 N–H and O–H groups in total. The van der Waals surface area contributed by atoms with Crippen molar-refractivity contribution in [2.75, 3.05) is 13.7 Å². The summed E-state index contributed by atoms with van der Waals surface area (Å²) in [7, 11) is 1.60. The van der Waals surface area contributed by atoms with Crippen molar-refractivity contribution in [2.45, 2.75) is 6.42 Å². The molecule has 0 saturated carbocycles. The van der Waals surface area contributed by atoms with Crippen molar-refractivity contribution in [1.82, 2.24) is 4.98 Å². The summed E-state index contributed by atoms with van der Waals surface area (Å²) in [6.07, 6.45) is 2.11. The van der Waals surface area contributed by atoms with E-state index in [0.29, 0.717) is 12.2 Å². The summed E-state index contributed by atoms with van der Waals surface area (Å²) in [6.45, 7) is 0.194. The van der Waals surface area contributed by atoms with Crippen LogP contribution in [0.25, 0.3) is 10.9 Å². The molecule has 1 atom stereocenters. The number of carboxylic acid groups (broad SMARTS) is 1. The molecule has 0 fully saturated rings. The van der Waals surface area contributed by atoms with Crippen molar-refractivity contribution in [2.24, 2.45) is 5.92 Å². The lowest BCUT2D eigenvalue weighted by Gasteiger charge is -2.23. The van der Waals surface area contributed by atoms with Gasteiger partial charge in [-0.25, -0.2) is 0 Å². The van der Waals surface area contributed by atoms with Gasteiger partial charge in [0, 0.05) is 10.9 Å². The van der Waals surface area contributed by atoms with E-state index in [1.165, 1.54) is 0 Å². The number of aromatic nitrogens is 1. The Morgan fingerprint density at radius 3 is 3.11 bits per heavy atom. The summed E-state index contributed by atoms with van der Waals surface area (Å²) >= 11 is 0. The summed E-state index contributed by atoms with van der Waals surface area (Å²) in [5.41, 5.74) is 1.71. The third kappa shape index (κ3) is 1.97. The Bertz CT molecular complexity index is 648. The van der Waals surface area contributed by atoms with Crippen molar-refractivity contribution in [3.63, 3.8) is 0 Å². The van der Waals surface area contributed by atoms with Crippen LogP contribution in [0.1, 0.15) is 5.56 Å². The molecular weight excluding hydrogens is 246 g/mol. The number of hydrogen-bond donors (Lipinski definition) is 1. The molecule has 5 nitrogen and oxygen atoms in total. The molecule has 2 heterocycles. The zero-order valence-electron chi connectivity index (χ0n) is 10.4. The van der Waals surface area contributed by atoms with Gasteiger partial charge >= 0.3 is 5.97 Å². The third-order valence-corrected chi connectivity index (χ3v) is 3.39. The van der Waals surface area contributed by atoms with E-state index < -0.39 is 11.9 Å². The van der Waals surface area contributed by atoms with Gasteiger partial charge in [0.25, 0.3) is 0 Å². The Kier molecular flexibility index (Phi) is 2.74. The Morgan fingerprint density at radius 2 is 2.37 bits per heavy atom. The summed E-state index contributed by atoms with van der Waals surface area (Å²) in [5, 5.41) is 10.0. The average Bonchev–Trinajstić information content (AvgIpc) is 2.45. The number of ether oxygens (including phenoxy) is 2. The maximum Gasteiger partial charge on any atom is 0.310 e. The van der Waals surface area contributed by atoms with Crippen LogP contribution in [0, 0.1) is 5.92 Å². The molecule has 0 saturated heterocycles. The largest absolute Gasteiger partial charge is 0.497 e. The molecule has 0 radical (unpaired) electrons. The van der Waals surface area contributed by atoms with E-state index in [1.54, 1.807) is 13.3 Å². The van der Waals surface area contributed by atoms with Crippen LogP contribution >= 0.6 is 0 Å². The summed E-state index contributed by atoms with van der Waals surface area (Å²) < 4.78 is 10.7. The zero-order valence-corrected chi connectivity index (χ0v) is 10.4. The van der Waals surface area contributed by atoms with Crippen LogP contribution in [0.15, 0.2) is 24.4 Å². The monoisotopic (exact) mass is 259 g/mol. The number of rotatable bonds is 2. The Labute approximate surface area is 109 Å². The molecule has 1 aliphatic heterocycles. The van der Waals surface area contributed by atoms with Crippen LogP contribution in [0.2, 0.25) is 0 Å². The van der Waals surface area contributed by atoms with Crippen molar-refractivity contribution in [3.8, 4) is 11.5 Å². The normalized spacial score (nSPS) is 17.6. The highest BCUT2D eigenvalue weighted by Gasteiger charge is 2.27. The molecule has 0 bridgehead atoms. The first-order chi connectivity index (χ1) is 9.19. The molecule has 1 unspecified atom stereocenters. The summed E-state index contributed by atoms with van der Waals surface area (Å²) in [5.74, 6) is 0.0428. The molecule has 0 aliphatic carbocycles. The molecule has 0 spiro atoms. The maximum atomic E-state index is 11.1. The number of aliphatic carboxylic acids is 1. The van der Waals surface area contributed by atoms with Crippen LogP contribution in [-0.2, 0) is 11.2 Å². The van der Waals surface area contributed by atoms with Crippen molar-refractivity contribution in [3.05, 3.63) is 30.0 Å². The lowest BCUT2D eigenvalue weighted by atomic mass is 9.94. The predicted molar refractivity (Wildman–Crippen MR) is 68.6 cm³/mol. The highest BCUT2D eigenvalue weighted by atomic mass is 16.5. The van der Waals surface area contributed by atoms with Crippen LogP contribution in [0.3, 0.4) is 0 Å². The molecule has 5 heteroatoms. The first-order valence-corrected chi connectivity index (χ1v) is 6.00. The Hall–Kier alpha value is -2.30. The molecule has 19 heavy (non-hydrogen) atoms. The fourth-order valence-corrected chi connectivity index (χ4v) is 2.32. The summed E-state index contributed by atoms with van der Waals surface area (Å²) in [4.78, 5) is 15.4. The molecular formula is C14H13NO4. The minimum atomic E-state index is -0.835. The molecule has 0 amide bonds. The number of nitrogens with zero attached hydrogens (tertiary/aromatic N) is 1. The fraction of sp³-hybridized carbons (Fsp3) is 0.286. The number of benzene rings is 1. The van der Waals surface area contributed by atoms with Gasteiger partial charge in [-0.2, -0.15) is 0 Å². The average molecular weight is 259 g/mol. The van der Waals surface area contributed by atoms with Gasteiger partial charge in [-0.1, -0.05) is 0 Å². The Balaban J connectivity index is 2.15. The minimum Gasteiger partial charge on any atom is -0.497 e. The molecule has 98 valence electrons. The first kappa shape index (κ1) is 11.8. The Morgan fingerprint density at radius 1 is 1.53 bits per heavy atom. The van der Waals surface area contributed by atoms with Crippen molar-refractivity contribution < 1.29 is 19.4 Å². The van der Waals surface area contributed by atoms with E-state index in [1.807, 2.05) is 18.2 Å². The van der Waals surface area contributed by atoms with Gasteiger partial charge in [0.2, 0.25) is 0 Å². The lowest BCUT2D eigenvalue weighted by molar-refractivity contribution is -0.143. The van der Waals surface area contributed by atoms with Crippen molar-refractivity contribution >= 4 is 16.9 Å². The smallest absolute Gasteiger partial charge is 0.310 e. The molecule has 3 rings (SSSR count). The van der Waals surface area contributed by atoms with Crippen LogP contribution in [-0.4, -0.2) is 29.8 Å². The van der Waals surface area contributed by atoms with E-state index in [2.05, 4.69) is 4.98 Å². The molecule has 1 aromatic carbocycles. The quantitative estimate of drug-likeness (QED) is 0.891. The number of methoxy groups -OCH3 is 1. The van der Waals surface area contributed by atoms with Crippen molar-refractivity contribution in [1.29, 1.82) is 0 Å². The van der Waals surface area contributed by atoms with Gasteiger partial charge in [0.1, 0.15) is 18.1 Å². The predicted octanol–water partition coefficient (Wildman–Crippen LogP) is 1.88. The second-order valence-corrected chi connectivity index (χ2v) is 4.53. The van der Waals surface area contributed by atoms with Gasteiger partial charge in [-0.05, 0) is 24.6 Å².